The Morgan fingerprint density at radius 1 is 1.29 bits per heavy atom. The van der Waals surface area contributed by atoms with Gasteiger partial charge in [0.05, 0.1) is 7.11 Å². The third-order valence-corrected chi connectivity index (χ3v) is 3.94. The molecule has 1 aromatic carbocycles. The van der Waals surface area contributed by atoms with Crippen molar-refractivity contribution in [2.75, 3.05) is 13.7 Å². The van der Waals surface area contributed by atoms with Gasteiger partial charge in [-0.1, -0.05) is 6.07 Å². The average Bonchev–Trinajstić information content (AvgIpc) is 2.45. The van der Waals surface area contributed by atoms with Crippen LogP contribution in [0.2, 0.25) is 0 Å². The van der Waals surface area contributed by atoms with E-state index in [0.717, 1.165) is 25.0 Å². The number of ether oxygens (including phenoxy) is 1. The smallest absolute Gasteiger partial charge is 0.389 e. The minimum atomic E-state index is -4.03. The van der Waals surface area contributed by atoms with Gasteiger partial charge in [-0.05, 0) is 61.9 Å². The van der Waals surface area contributed by atoms with E-state index in [-0.39, 0.29) is 12.5 Å². The lowest BCUT2D eigenvalue weighted by molar-refractivity contribution is -0.135. The number of rotatable bonds is 6. The lowest BCUT2D eigenvalue weighted by Gasteiger charge is -2.27. The molecule has 1 aliphatic rings. The fraction of sp³-hybridized carbons (Fsp3) is 0.625. The molecule has 0 saturated carbocycles. The van der Waals surface area contributed by atoms with Crippen molar-refractivity contribution in [3.05, 3.63) is 29.3 Å². The largest absolute Gasteiger partial charge is 0.497 e. The zero-order chi connectivity index (χ0) is 15.3. The molecule has 21 heavy (non-hydrogen) atoms. The van der Waals surface area contributed by atoms with Gasteiger partial charge in [0, 0.05) is 12.5 Å². The highest BCUT2D eigenvalue weighted by atomic mass is 19.4. The van der Waals surface area contributed by atoms with E-state index in [0.29, 0.717) is 13.0 Å². The van der Waals surface area contributed by atoms with Crippen LogP contribution in [-0.2, 0) is 6.42 Å². The molecule has 1 aromatic rings. The van der Waals surface area contributed by atoms with Gasteiger partial charge in [-0.15, -0.1) is 0 Å². The minimum Gasteiger partial charge on any atom is -0.497 e. The summed E-state index contributed by atoms with van der Waals surface area (Å²) in [5.41, 5.74) is 2.55. The molecule has 0 amide bonds. The third-order valence-electron chi connectivity index (χ3n) is 3.94. The number of nitrogens with one attached hydrogen (secondary N) is 1. The van der Waals surface area contributed by atoms with Crippen LogP contribution >= 0.6 is 0 Å². The van der Waals surface area contributed by atoms with Gasteiger partial charge in [-0.25, -0.2) is 0 Å². The van der Waals surface area contributed by atoms with E-state index in [1.807, 2.05) is 6.07 Å². The number of benzene rings is 1. The van der Waals surface area contributed by atoms with E-state index >= 15 is 0 Å². The maximum Gasteiger partial charge on any atom is 0.389 e. The molecule has 0 aromatic heterocycles. The molecule has 2 nitrogen and oxygen atoms in total. The Labute approximate surface area is 123 Å². The molecule has 0 bridgehead atoms. The Hall–Kier alpha value is -1.23. The van der Waals surface area contributed by atoms with E-state index in [9.17, 15) is 13.2 Å². The number of hydrogen-bond donors (Lipinski definition) is 1. The van der Waals surface area contributed by atoms with Crippen LogP contribution in [0.25, 0.3) is 0 Å². The van der Waals surface area contributed by atoms with Crippen molar-refractivity contribution >= 4 is 0 Å². The van der Waals surface area contributed by atoms with Crippen molar-refractivity contribution in [2.24, 2.45) is 0 Å². The second-order valence-corrected chi connectivity index (χ2v) is 5.54. The molecule has 0 radical (unpaired) electrons. The van der Waals surface area contributed by atoms with E-state index in [1.54, 1.807) is 7.11 Å². The van der Waals surface area contributed by atoms with Crippen LogP contribution in [0.5, 0.6) is 5.75 Å². The van der Waals surface area contributed by atoms with Gasteiger partial charge in [0.15, 0.2) is 0 Å². The summed E-state index contributed by atoms with van der Waals surface area (Å²) in [6, 6.07) is 6.33. The topological polar surface area (TPSA) is 21.3 Å². The third kappa shape index (κ3) is 4.92. The maximum atomic E-state index is 12.1. The predicted molar refractivity (Wildman–Crippen MR) is 76.6 cm³/mol. The number of fused-ring (bicyclic) bond motifs is 1. The zero-order valence-electron chi connectivity index (χ0n) is 12.3. The highest BCUT2D eigenvalue weighted by Crippen LogP contribution is 2.32. The molecule has 0 aliphatic heterocycles. The molecule has 2 rings (SSSR count). The number of methoxy groups -OCH3 is 1. The van der Waals surface area contributed by atoms with Crippen LogP contribution in [0, 0.1) is 0 Å². The zero-order valence-corrected chi connectivity index (χ0v) is 12.3. The van der Waals surface area contributed by atoms with Gasteiger partial charge >= 0.3 is 6.18 Å². The molecule has 0 heterocycles. The molecular formula is C16H22F3NO. The first-order chi connectivity index (χ1) is 9.99. The first-order valence-electron chi connectivity index (χ1n) is 7.46. The second kappa shape index (κ2) is 7.16. The van der Waals surface area contributed by atoms with Gasteiger partial charge in [0.2, 0.25) is 0 Å². The van der Waals surface area contributed by atoms with Crippen LogP contribution < -0.4 is 10.1 Å². The van der Waals surface area contributed by atoms with E-state index in [1.165, 1.54) is 11.1 Å². The molecule has 1 unspecified atom stereocenters. The number of hydrogen-bond acceptors (Lipinski definition) is 2. The number of halogens is 3. The van der Waals surface area contributed by atoms with Gasteiger partial charge in [0.1, 0.15) is 5.75 Å². The Morgan fingerprint density at radius 2 is 2.10 bits per heavy atom. The Balaban J connectivity index is 1.83. The molecule has 118 valence electrons. The normalized spacial score (nSPS) is 18.4. The molecule has 1 N–H and O–H groups in total. The molecule has 1 atom stereocenters. The van der Waals surface area contributed by atoms with Crippen LogP contribution in [-0.4, -0.2) is 19.8 Å². The first-order valence-corrected chi connectivity index (χ1v) is 7.46. The summed E-state index contributed by atoms with van der Waals surface area (Å²) >= 11 is 0. The molecule has 5 heteroatoms. The maximum absolute atomic E-state index is 12.1. The van der Waals surface area contributed by atoms with Crippen LogP contribution in [0.4, 0.5) is 13.2 Å². The fourth-order valence-electron chi connectivity index (χ4n) is 2.86. The van der Waals surface area contributed by atoms with E-state index < -0.39 is 12.6 Å². The predicted octanol–water partition coefficient (Wildman–Crippen LogP) is 4.39. The summed E-state index contributed by atoms with van der Waals surface area (Å²) < 4.78 is 41.5. The summed E-state index contributed by atoms with van der Waals surface area (Å²) in [5.74, 6) is 0.861. The van der Waals surface area contributed by atoms with Crippen LogP contribution in [0.1, 0.15) is 49.3 Å². The van der Waals surface area contributed by atoms with Crippen molar-refractivity contribution in [2.45, 2.75) is 50.7 Å². The summed E-state index contributed by atoms with van der Waals surface area (Å²) in [6.07, 6.45) is -0.793. The Morgan fingerprint density at radius 3 is 2.81 bits per heavy atom. The molecular weight excluding hydrogens is 279 g/mol. The Bertz CT molecular complexity index is 459. The lowest BCUT2D eigenvalue weighted by atomic mass is 9.87. The summed E-state index contributed by atoms with van der Waals surface area (Å²) in [5, 5.41) is 3.39. The quantitative estimate of drug-likeness (QED) is 0.787. The standard InChI is InChI=1S/C16H22F3NO/c1-21-13-7-8-14-12(11-13)5-4-6-15(14)20-10-3-2-9-16(17,18)19/h7-8,11,15,20H,2-6,9-10H2,1H3. The van der Waals surface area contributed by atoms with Crippen molar-refractivity contribution in [3.63, 3.8) is 0 Å². The van der Waals surface area contributed by atoms with Crippen LogP contribution in [0.15, 0.2) is 18.2 Å². The fourth-order valence-corrected chi connectivity index (χ4v) is 2.86. The molecule has 0 spiro atoms. The SMILES string of the molecule is COc1ccc2c(c1)CCCC2NCCCCC(F)(F)F. The van der Waals surface area contributed by atoms with Gasteiger partial charge in [-0.2, -0.15) is 13.2 Å². The van der Waals surface area contributed by atoms with E-state index in [2.05, 4.69) is 17.4 Å². The van der Waals surface area contributed by atoms with Crippen molar-refractivity contribution < 1.29 is 17.9 Å². The summed E-state index contributed by atoms with van der Waals surface area (Å²) in [4.78, 5) is 0. The van der Waals surface area contributed by atoms with Crippen LogP contribution in [0.3, 0.4) is 0 Å². The van der Waals surface area contributed by atoms with Gasteiger partial charge < -0.3 is 10.1 Å². The van der Waals surface area contributed by atoms with Crippen molar-refractivity contribution in [1.82, 2.24) is 5.32 Å². The average molecular weight is 301 g/mol. The van der Waals surface area contributed by atoms with Gasteiger partial charge in [-0.3, -0.25) is 0 Å². The highest BCUT2D eigenvalue weighted by Gasteiger charge is 2.26. The lowest BCUT2D eigenvalue weighted by Crippen LogP contribution is -2.26. The number of alkyl halides is 3. The molecule has 1 aliphatic carbocycles. The molecule has 0 saturated heterocycles. The highest BCUT2D eigenvalue weighted by molar-refractivity contribution is 5.39. The van der Waals surface area contributed by atoms with Gasteiger partial charge in [0.25, 0.3) is 0 Å². The summed E-state index contributed by atoms with van der Waals surface area (Å²) in [7, 11) is 1.65. The first kappa shape index (κ1) is 16.1. The molecule has 0 fully saturated rings. The van der Waals surface area contributed by atoms with Crippen molar-refractivity contribution in [3.8, 4) is 5.75 Å². The number of aryl methyl sites for hydroxylation is 1. The summed E-state index contributed by atoms with van der Waals surface area (Å²) in [6.45, 7) is 0.631. The Kier molecular flexibility index (Phi) is 5.51. The van der Waals surface area contributed by atoms with Crippen molar-refractivity contribution in [1.29, 1.82) is 0 Å². The monoisotopic (exact) mass is 301 g/mol. The minimum absolute atomic E-state index is 0.193. The second-order valence-electron chi connectivity index (χ2n) is 5.54. The van der Waals surface area contributed by atoms with E-state index in [4.69, 9.17) is 4.74 Å². The number of unbranched alkanes of at least 4 members (excludes halogenated alkanes) is 1.